The lowest BCUT2D eigenvalue weighted by atomic mass is 9.97. The number of para-hydroxylation sites is 1. The molecule has 1 fully saturated rings. The molecule has 0 unspecified atom stereocenters. The van der Waals surface area contributed by atoms with Crippen molar-refractivity contribution in [2.75, 3.05) is 6.61 Å². The molecule has 4 N–H and O–H groups in total. The van der Waals surface area contributed by atoms with Gasteiger partial charge in [0.05, 0.1) is 36.5 Å². The van der Waals surface area contributed by atoms with Crippen LogP contribution in [-0.4, -0.2) is 56.6 Å². The zero-order valence-electron chi connectivity index (χ0n) is 17.2. The zero-order valence-corrected chi connectivity index (χ0v) is 17.2. The van der Waals surface area contributed by atoms with Crippen molar-refractivity contribution in [3.8, 4) is 0 Å². The number of halogens is 2. The van der Waals surface area contributed by atoms with E-state index in [0.29, 0.717) is 5.52 Å². The Hall–Kier alpha value is -3.41. The van der Waals surface area contributed by atoms with Crippen molar-refractivity contribution >= 4 is 16.8 Å². The number of carbonyl (C=O) groups is 1. The highest BCUT2D eigenvalue weighted by molar-refractivity contribution is 5.79. The molecule has 0 radical (unpaired) electrons. The van der Waals surface area contributed by atoms with Crippen LogP contribution in [0.25, 0.3) is 10.9 Å². The largest absolute Gasteiger partial charge is 0.388 e. The van der Waals surface area contributed by atoms with E-state index in [4.69, 9.17) is 4.74 Å². The molecule has 4 atom stereocenters. The molecule has 174 valence electrons. The summed E-state index contributed by atoms with van der Waals surface area (Å²) in [6.07, 6.45) is -4.13. The SMILES string of the molecule is O=C(Cc1ccc(F)c(F)c1)N[C@@H]1CO[C@H](Cn2c(=O)[nH]c(=O)c3ccccc32)[C@@H](O)[C@H]1O. The van der Waals surface area contributed by atoms with Crippen LogP contribution in [0.2, 0.25) is 0 Å². The summed E-state index contributed by atoms with van der Waals surface area (Å²) in [5.41, 5.74) is -0.648. The Balaban J connectivity index is 1.44. The molecule has 1 saturated heterocycles. The second-order valence-corrected chi connectivity index (χ2v) is 7.84. The van der Waals surface area contributed by atoms with Gasteiger partial charge in [-0.25, -0.2) is 13.6 Å². The molecular weight excluding hydrogens is 440 g/mol. The summed E-state index contributed by atoms with van der Waals surface area (Å²) in [5.74, 6) is -2.69. The Bertz CT molecular complexity index is 1310. The molecule has 2 heterocycles. The van der Waals surface area contributed by atoms with Gasteiger partial charge in [0.15, 0.2) is 11.6 Å². The van der Waals surface area contributed by atoms with Crippen LogP contribution in [0.5, 0.6) is 0 Å². The fourth-order valence-electron chi connectivity index (χ4n) is 3.87. The van der Waals surface area contributed by atoms with Crippen LogP contribution in [0.15, 0.2) is 52.1 Å². The van der Waals surface area contributed by atoms with Crippen LogP contribution in [0.4, 0.5) is 8.78 Å². The van der Waals surface area contributed by atoms with E-state index in [9.17, 15) is 33.4 Å². The van der Waals surface area contributed by atoms with Crippen LogP contribution in [0.3, 0.4) is 0 Å². The molecule has 0 bridgehead atoms. The van der Waals surface area contributed by atoms with E-state index in [1.807, 2.05) is 0 Å². The first kappa shape index (κ1) is 22.8. The zero-order chi connectivity index (χ0) is 23.7. The number of aromatic nitrogens is 2. The van der Waals surface area contributed by atoms with E-state index in [1.165, 1.54) is 10.6 Å². The van der Waals surface area contributed by atoms with Crippen molar-refractivity contribution in [1.82, 2.24) is 14.9 Å². The van der Waals surface area contributed by atoms with Gasteiger partial charge in [-0.3, -0.25) is 19.1 Å². The number of amides is 1. The normalized spacial score (nSPS) is 22.9. The molecule has 3 aromatic rings. The predicted octanol–water partition coefficient (Wildman–Crippen LogP) is -0.184. The van der Waals surface area contributed by atoms with E-state index in [2.05, 4.69) is 10.3 Å². The van der Waals surface area contributed by atoms with Crippen LogP contribution in [-0.2, 0) is 22.5 Å². The van der Waals surface area contributed by atoms with Crippen LogP contribution in [0.1, 0.15) is 5.56 Å². The third-order valence-electron chi connectivity index (χ3n) is 5.60. The lowest BCUT2D eigenvalue weighted by molar-refractivity contribution is -0.158. The number of nitrogens with zero attached hydrogens (tertiary/aromatic N) is 1. The maximum Gasteiger partial charge on any atom is 0.328 e. The van der Waals surface area contributed by atoms with Crippen molar-refractivity contribution in [2.45, 2.75) is 37.3 Å². The van der Waals surface area contributed by atoms with Gasteiger partial charge in [0.1, 0.15) is 18.3 Å². The summed E-state index contributed by atoms with van der Waals surface area (Å²) < 4.78 is 33.2. The molecule has 1 aliphatic rings. The number of rotatable bonds is 5. The standard InChI is InChI=1S/C22H21F2N3O6/c23-13-6-5-11(7-14(13)24)8-18(28)25-15-10-33-17(20(30)19(15)29)9-27-16-4-2-1-3-12(16)21(31)26-22(27)32/h1-7,15,17,19-20,29-30H,8-10H2,(H,25,28)(H,26,31,32)/t15-,17-,19+,20-/m1/s1. The number of carbonyl (C=O) groups excluding carboxylic acids is 1. The van der Waals surface area contributed by atoms with Gasteiger partial charge in [-0.2, -0.15) is 0 Å². The lowest BCUT2D eigenvalue weighted by Gasteiger charge is -2.38. The summed E-state index contributed by atoms with van der Waals surface area (Å²) in [6, 6.07) is 8.56. The highest BCUT2D eigenvalue weighted by Crippen LogP contribution is 2.19. The number of nitrogens with one attached hydrogen (secondary N) is 2. The Labute approximate surface area is 185 Å². The first-order valence-electron chi connectivity index (χ1n) is 10.2. The second-order valence-electron chi connectivity index (χ2n) is 7.84. The van der Waals surface area contributed by atoms with E-state index in [-0.39, 0.29) is 30.5 Å². The number of ether oxygens (including phenoxy) is 1. The molecular formula is C22H21F2N3O6. The topological polar surface area (TPSA) is 134 Å². The van der Waals surface area contributed by atoms with Crippen molar-refractivity contribution in [2.24, 2.45) is 0 Å². The number of hydrogen-bond acceptors (Lipinski definition) is 6. The minimum atomic E-state index is -1.45. The van der Waals surface area contributed by atoms with E-state index < -0.39 is 53.1 Å². The summed E-state index contributed by atoms with van der Waals surface area (Å²) in [5, 5.41) is 23.9. The maximum absolute atomic E-state index is 13.3. The quantitative estimate of drug-likeness (QED) is 0.417. The monoisotopic (exact) mass is 461 g/mol. The summed E-state index contributed by atoms with van der Waals surface area (Å²) in [6.45, 7) is -0.313. The van der Waals surface area contributed by atoms with Gasteiger partial charge in [0.2, 0.25) is 5.91 Å². The molecule has 4 rings (SSSR count). The number of aromatic amines is 1. The van der Waals surface area contributed by atoms with Crippen LogP contribution in [0, 0.1) is 11.6 Å². The maximum atomic E-state index is 13.3. The highest BCUT2D eigenvalue weighted by Gasteiger charge is 2.39. The van der Waals surface area contributed by atoms with Gasteiger partial charge in [-0.1, -0.05) is 18.2 Å². The number of aliphatic hydroxyl groups excluding tert-OH is 2. The molecule has 1 amide bonds. The van der Waals surface area contributed by atoms with Crippen LogP contribution < -0.4 is 16.6 Å². The second kappa shape index (κ2) is 9.22. The molecule has 11 heteroatoms. The summed E-state index contributed by atoms with van der Waals surface area (Å²) in [4.78, 5) is 38.8. The van der Waals surface area contributed by atoms with Gasteiger partial charge < -0.3 is 20.3 Å². The molecule has 2 aromatic carbocycles. The number of aliphatic hydroxyl groups is 2. The number of fused-ring (bicyclic) bond motifs is 1. The predicted molar refractivity (Wildman–Crippen MR) is 113 cm³/mol. The van der Waals surface area contributed by atoms with E-state index in [0.717, 1.165) is 12.1 Å². The Morgan fingerprint density at radius 2 is 1.88 bits per heavy atom. The van der Waals surface area contributed by atoms with Crippen molar-refractivity contribution < 1.29 is 28.5 Å². The minimum absolute atomic E-state index is 0.149. The van der Waals surface area contributed by atoms with Crippen molar-refractivity contribution in [1.29, 1.82) is 0 Å². The molecule has 0 saturated carbocycles. The minimum Gasteiger partial charge on any atom is -0.388 e. The third kappa shape index (κ3) is 4.70. The Morgan fingerprint density at radius 1 is 1.12 bits per heavy atom. The molecule has 33 heavy (non-hydrogen) atoms. The summed E-state index contributed by atoms with van der Waals surface area (Å²) in [7, 11) is 0. The highest BCUT2D eigenvalue weighted by atomic mass is 19.2. The van der Waals surface area contributed by atoms with Crippen molar-refractivity contribution in [3.63, 3.8) is 0 Å². The Morgan fingerprint density at radius 3 is 2.64 bits per heavy atom. The van der Waals surface area contributed by atoms with E-state index in [1.54, 1.807) is 24.3 Å². The molecule has 1 aliphatic heterocycles. The fourth-order valence-corrected chi connectivity index (χ4v) is 3.87. The van der Waals surface area contributed by atoms with Gasteiger partial charge >= 0.3 is 5.69 Å². The van der Waals surface area contributed by atoms with Gasteiger partial charge in [0, 0.05) is 0 Å². The van der Waals surface area contributed by atoms with Crippen LogP contribution >= 0.6 is 0 Å². The Kier molecular flexibility index (Phi) is 6.36. The smallest absolute Gasteiger partial charge is 0.328 e. The summed E-state index contributed by atoms with van der Waals surface area (Å²) >= 11 is 0. The number of H-pyrrole nitrogens is 1. The van der Waals surface area contributed by atoms with Gasteiger partial charge in [0.25, 0.3) is 5.56 Å². The molecule has 9 nitrogen and oxygen atoms in total. The fraction of sp³-hybridized carbons (Fsp3) is 0.318. The molecule has 0 aliphatic carbocycles. The van der Waals surface area contributed by atoms with Crippen molar-refractivity contribution in [3.05, 3.63) is 80.5 Å². The molecule has 0 spiro atoms. The lowest BCUT2D eigenvalue weighted by Crippen LogP contribution is -2.60. The number of benzene rings is 2. The van der Waals surface area contributed by atoms with Gasteiger partial charge in [-0.15, -0.1) is 0 Å². The average molecular weight is 461 g/mol. The van der Waals surface area contributed by atoms with E-state index >= 15 is 0 Å². The first-order chi connectivity index (χ1) is 15.7. The molecule has 1 aromatic heterocycles. The van der Waals surface area contributed by atoms with Gasteiger partial charge in [-0.05, 0) is 29.8 Å². The third-order valence-corrected chi connectivity index (χ3v) is 5.60. The average Bonchev–Trinajstić information content (AvgIpc) is 2.78. The number of hydrogen-bond donors (Lipinski definition) is 4. The first-order valence-corrected chi connectivity index (χ1v) is 10.2.